The van der Waals surface area contributed by atoms with Crippen molar-refractivity contribution in [3.63, 3.8) is 0 Å². The van der Waals surface area contributed by atoms with Gasteiger partial charge in [-0.15, -0.1) is 0 Å². The lowest BCUT2D eigenvalue weighted by atomic mass is 9.73. The van der Waals surface area contributed by atoms with E-state index in [4.69, 9.17) is 10.00 Å². The van der Waals surface area contributed by atoms with Crippen molar-refractivity contribution in [2.24, 2.45) is 5.41 Å². The summed E-state index contributed by atoms with van der Waals surface area (Å²) in [5.41, 5.74) is 2.05. The molecular weight excluding hydrogens is 186 g/mol. The molecule has 15 heavy (non-hydrogen) atoms. The molecular formula is C13H15NO. The van der Waals surface area contributed by atoms with Crippen LogP contribution in [0.15, 0.2) is 24.3 Å². The quantitative estimate of drug-likeness (QED) is 0.699. The van der Waals surface area contributed by atoms with E-state index in [1.165, 1.54) is 0 Å². The van der Waals surface area contributed by atoms with E-state index in [2.05, 4.69) is 26.8 Å². The summed E-state index contributed by atoms with van der Waals surface area (Å²) in [6, 6.07) is 9.77. The van der Waals surface area contributed by atoms with E-state index >= 15 is 0 Å². The van der Waals surface area contributed by atoms with E-state index in [1.807, 2.05) is 24.3 Å². The number of hydrogen-bond donors (Lipinski definition) is 0. The average Bonchev–Trinajstić information content (AvgIpc) is 2.26. The molecule has 1 fully saturated rings. The second-order valence-corrected chi connectivity index (χ2v) is 4.71. The third-order valence-corrected chi connectivity index (χ3v) is 3.41. The van der Waals surface area contributed by atoms with Crippen LogP contribution >= 0.6 is 0 Å². The normalized spacial score (nSPS) is 27.9. The van der Waals surface area contributed by atoms with Gasteiger partial charge in [-0.3, -0.25) is 0 Å². The Morgan fingerprint density at radius 2 is 1.87 bits per heavy atom. The maximum atomic E-state index is 8.70. The van der Waals surface area contributed by atoms with Crippen LogP contribution in [0.3, 0.4) is 0 Å². The van der Waals surface area contributed by atoms with Gasteiger partial charge in [0.2, 0.25) is 0 Å². The molecule has 2 rings (SSSR count). The van der Waals surface area contributed by atoms with E-state index in [0.29, 0.717) is 11.7 Å². The Labute approximate surface area is 90.5 Å². The van der Waals surface area contributed by atoms with Crippen molar-refractivity contribution in [1.29, 1.82) is 5.26 Å². The highest BCUT2D eigenvalue weighted by atomic mass is 16.5. The zero-order valence-corrected chi connectivity index (χ0v) is 9.32. The van der Waals surface area contributed by atoms with Crippen LogP contribution in [0.2, 0.25) is 0 Å². The highest BCUT2D eigenvalue weighted by Gasteiger charge is 2.47. The molecule has 78 valence electrons. The molecule has 2 heteroatoms. The third kappa shape index (κ3) is 1.53. The lowest BCUT2D eigenvalue weighted by Crippen LogP contribution is -2.48. The Bertz CT molecular complexity index is 400. The second-order valence-electron chi connectivity index (χ2n) is 4.71. The summed E-state index contributed by atoms with van der Waals surface area (Å²) < 4.78 is 5.73. The van der Waals surface area contributed by atoms with Gasteiger partial charge in [0.1, 0.15) is 0 Å². The van der Waals surface area contributed by atoms with E-state index in [1.54, 1.807) is 0 Å². The Morgan fingerprint density at radius 3 is 2.27 bits per heavy atom. The van der Waals surface area contributed by atoms with Crippen molar-refractivity contribution in [2.45, 2.75) is 33.0 Å². The van der Waals surface area contributed by atoms with Crippen molar-refractivity contribution >= 4 is 0 Å². The molecule has 0 bridgehead atoms. The highest BCUT2D eigenvalue weighted by Crippen LogP contribution is 2.50. The minimum Gasteiger partial charge on any atom is -0.369 e. The highest BCUT2D eigenvalue weighted by molar-refractivity contribution is 5.33. The molecule has 0 saturated carbocycles. The number of benzene rings is 1. The lowest BCUT2D eigenvalue weighted by molar-refractivity contribution is -0.230. The maximum Gasteiger partial charge on any atom is 0.0991 e. The number of nitriles is 1. The van der Waals surface area contributed by atoms with Crippen LogP contribution in [-0.2, 0) is 4.74 Å². The first-order valence-electron chi connectivity index (χ1n) is 5.21. The fourth-order valence-electron chi connectivity index (χ4n) is 1.94. The second kappa shape index (κ2) is 3.36. The number of hydrogen-bond acceptors (Lipinski definition) is 2. The van der Waals surface area contributed by atoms with Gasteiger partial charge in [-0.05, 0) is 24.6 Å². The van der Waals surface area contributed by atoms with Gasteiger partial charge < -0.3 is 4.74 Å². The van der Waals surface area contributed by atoms with Crippen LogP contribution in [0.25, 0.3) is 0 Å². The van der Waals surface area contributed by atoms with Crippen molar-refractivity contribution < 1.29 is 4.74 Å². The molecule has 2 atom stereocenters. The molecule has 0 spiro atoms. The summed E-state index contributed by atoms with van der Waals surface area (Å²) in [6.45, 7) is 6.52. The first-order valence-corrected chi connectivity index (χ1v) is 5.21. The predicted molar refractivity (Wildman–Crippen MR) is 58.2 cm³/mol. The molecule has 0 amide bonds. The zero-order valence-electron chi connectivity index (χ0n) is 9.32. The standard InChI is InChI=1S/C13H15NO/c1-9-13(2,3)12(15-9)11-6-4-10(8-14)5-7-11/h4-7,9,12H,1-3H3. The summed E-state index contributed by atoms with van der Waals surface area (Å²) >= 11 is 0. The van der Waals surface area contributed by atoms with E-state index in [0.717, 1.165) is 5.56 Å². The molecule has 0 radical (unpaired) electrons. The largest absolute Gasteiger partial charge is 0.369 e. The number of ether oxygens (including phenoxy) is 1. The molecule has 1 aliphatic rings. The molecule has 1 aromatic rings. The van der Waals surface area contributed by atoms with Crippen LogP contribution in [0, 0.1) is 16.7 Å². The first-order chi connectivity index (χ1) is 7.05. The van der Waals surface area contributed by atoms with Crippen LogP contribution in [-0.4, -0.2) is 6.10 Å². The predicted octanol–water partition coefficient (Wildman–Crippen LogP) is 3.04. The van der Waals surface area contributed by atoms with Gasteiger partial charge >= 0.3 is 0 Å². The van der Waals surface area contributed by atoms with Crippen LogP contribution in [0.4, 0.5) is 0 Å². The van der Waals surface area contributed by atoms with Crippen LogP contribution < -0.4 is 0 Å². The van der Waals surface area contributed by atoms with E-state index in [-0.39, 0.29) is 11.5 Å². The Hall–Kier alpha value is -1.33. The molecule has 1 heterocycles. The third-order valence-electron chi connectivity index (χ3n) is 3.41. The Kier molecular flexibility index (Phi) is 2.28. The van der Waals surface area contributed by atoms with Crippen molar-refractivity contribution in [2.75, 3.05) is 0 Å². The lowest BCUT2D eigenvalue weighted by Gasteiger charge is -2.50. The fraction of sp³-hybridized carbons (Fsp3) is 0.462. The minimum absolute atomic E-state index is 0.167. The first kappa shape index (κ1) is 10.2. The molecule has 1 aromatic carbocycles. The fourth-order valence-corrected chi connectivity index (χ4v) is 1.94. The van der Waals surface area contributed by atoms with Crippen molar-refractivity contribution in [3.05, 3.63) is 35.4 Å². The van der Waals surface area contributed by atoms with E-state index < -0.39 is 0 Å². The molecule has 0 N–H and O–H groups in total. The van der Waals surface area contributed by atoms with Gasteiger partial charge in [0, 0.05) is 5.41 Å². The molecule has 1 aliphatic heterocycles. The Morgan fingerprint density at radius 1 is 1.27 bits per heavy atom. The average molecular weight is 201 g/mol. The Balaban J connectivity index is 2.22. The SMILES string of the molecule is CC1OC(c2ccc(C#N)cc2)C1(C)C. The minimum atomic E-state index is 0.167. The topological polar surface area (TPSA) is 33.0 Å². The molecule has 1 saturated heterocycles. The van der Waals surface area contributed by atoms with Crippen molar-refractivity contribution in [1.82, 2.24) is 0 Å². The zero-order chi connectivity index (χ0) is 11.1. The van der Waals surface area contributed by atoms with Crippen LogP contribution in [0.1, 0.15) is 38.0 Å². The van der Waals surface area contributed by atoms with Gasteiger partial charge in [0.15, 0.2) is 0 Å². The van der Waals surface area contributed by atoms with Gasteiger partial charge in [0.05, 0.1) is 23.8 Å². The molecule has 2 unspecified atom stereocenters. The maximum absolute atomic E-state index is 8.70. The summed E-state index contributed by atoms with van der Waals surface area (Å²) in [4.78, 5) is 0. The van der Waals surface area contributed by atoms with Gasteiger partial charge in [-0.2, -0.15) is 5.26 Å². The van der Waals surface area contributed by atoms with Gasteiger partial charge in [0.25, 0.3) is 0 Å². The number of nitrogens with zero attached hydrogens (tertiary/aromatic N) is 1. The van der Waals surface area contributed by atoms with Crippen molar-refractivity contribution in [3.8, 4) is 6.07 Å². The summed E-state index contributed by atoms with van der Waals surface area (Å²) in [5.74, 6) is 0. The molecule has 0 aliphatic carbocycles. The monoisotopic (exact) mass is 201 g/mol. The summed E-state index contributed by atoms with van der Waals surface area (Å²) in [5, 5.41) is 8.70. The molecule has 0 aromatic heterocycles. The molecule has 2 nitrogen and oxygen atoms in total. The smallest absolute Gasteiger partial charge is 0.0991 e. The van der Waals surface area contributed by atoms with Gasteiger partial charge in [-0.1, -0.05) is 26.0 Å². The van der Waals surface area contributed by atoms with E-state index in [9.17, 15) is 0 Å². The van der Waals surface area contributed by atoms with Gasteiger partial charge in [-0.25, -0.2) is 0 Å². The summed E-state index contributed by atoms with van der Waals surface area (Å²) in [6.07, 6.45) is 0.471. The summed E-state index contributed by atoms with van der Waals surface area (Å²) in [7, 11) is 0. The van der Waals surface area contributed by atoms with Crippen LogP contribution in [0.5, 0.6) is 0 Å². The number of rotatable bonds is 1.